The number of aliphatic hydroxyl groups excluding tert-OH is 2. The summed E-state index contributed by atoms with van der Waals surface area (Å²) in [5, 5.41) is 20.6. The lowest BCUT2D eigenvalue weighted by molar-refractivity contribution is -0.161. The van der Waals surface area contributed by atoms with Crippen molar-refractivity contribution in [2.45, 2.75) is 309 Å². The summed E-state index contributed by atoms with van der Waals surface area (Å²) < 4.78 is 60.8. The van der Waals surface area contributed by atoms with Crippen molar-refractivity contribution in [1.82, 2.24) is 0 Å². The van der Waals surface area contributed by atoms with Crippen molar-refractivity contribution in [3.8, 4) is 0 Å². The van der Waals surface area contributed by atoms with E-state index in [2.05, 4.69) is 118 Å². The van der Waals surface area contributed by atoms with E-state index in [0.717, 1.165) is 148 Å². The maximum atomic E-state index is 12.9. The molecule has 0 radical (unpaired) electrons. The van der Waals surface area contributed by atoms with Crippen LogP contribution in [-0.4, -0.2) is 95.9 Å². The fraction of sp³-hybridized carbons (Fsp3) is 0.740. The summed E-state index contributed by atoms with van der Waals surface area (Å²) in [5.74, 6) is -1.59. The van der Waals surface area contributed by atoms with Crippen molar-refractivity contribution in [3.05, 3.63) is 97.2 Å². The summed E-state index contributed by atoms with van der Waals surface area (Å²) in [6, 6.07) is 0. The van der Waals surface area contributed by atoms with Gasteiger partial charge in [0, 0.05) is 19.3 Å². The molecule has 5 atom stereocenters. The van der Waals surface area contributed by atoms with Gasteiger partial charge in [-0.3, -0.25) is 32.5 Å². The first kappa shape index (κ1) is 87.5. The molecule has 0 bridgehead atoms. The van der Waals surface area contributed by atoms with E-state index in [0.29, 0.717) is 19.3 Å². The van der Waals surface area contributed by atoms with E-state index in [9.17, 15) is 43.5 Å². The van der Waals surface area contributed by atoms with Crippen LogP contribution in [0.15, 0.2) is 97.2 Å². The second-order valence-electron chi connectivity index (χ2n) is 23.6. The van der Waals surface area contributed by atoms with Gasteiger partial charge < -0.3 is 34.2 Å². The number of aliphatic hydroxyl groups is 2. The number of phosphoric acid groups is 2. The second kappa shape index (κ2) is 66.5. The minimum Gasteiger partial charge on any atom is -0.463 e. The van der Waals surface area contributed by atoms with Gasteiger partial charge in [-0.1, -0.05) is 246 Å². The van der Waals surface area contributed by atoms with Gasteiger partial charge in [0.05, 0.1) is 26.4 Å². The Morgan fingerprint density at radius 3 is 0.934 bits per heavy atom. The molecule has 0 saturated carbocycles. The molecule has 4 N–H and O–H groups in total. The zero-order valence-corrected chi connectivity index (χ0v) is 58.8. The van der Waals surface area contributed by atoms with E-state index >= 15 is 0 Å². The van der Waals surface area contributed by atoms with E-state index in [1.165, 1.54) is 83.5 Å². The fourth-order valence-electron chi connectivity index (χ4n) is 9.33. The molecule has 91 heavy (non-hydrogen) atoms. The van der Waals surface area contributed by atoms with Crippen molar-refractivity contribution in [1.29, 1.82) is 0 Å². The quantitative estimate of drug-likeness (QED) is 0.0146. The molecule has 0 aliphatic carbocycles. The lowest BCUT2D eigenvalue weighted by atomic mass is 10.1. The van der Waals surface area contributed by atoms with Gasteiger partial charge in [-0.25, -0.2) is 9.13 Å². The number of allylic oxidation sites excluding steroid dienone is 16. The van der Waals surface area contributed by atoms with E-state index in [1.54, 1.807) is 0 Å². The summed E-state index contributed by atoms with van der Waals surface area (Å²) in [6.45, 7) is 2.51. The molecule has 0 aliphatic rings. The highest BCUT2D eigenvalue weighted by Crippen LogP contribution is 2.45. The first-order chi connectivity index (χ1) is 44.2. The molecule has 0 aromatic carbocycles. The Hall–Kier alpha value is -3.53. The van der Waals surface area contributed by atoms with Crippen LogP contribution in [0.25, 0.3) is 0 Å². The van der Waals surface area contributed by atoms with Crippen LogP contribution in [-0.2, 0) is 55.8 Å². The predicted octanol–water partition coefficient (Wildman–Crippen LogP) is 19.9. The van der Waals surface area contributed by atoms with Gasteiger partial charge >= 0.3 is 33.6 Å². The van der Waals surface area contributed by atoms with Crippen LogP contribution in [0, 0.1) is 0 Å². The molecule has 5 unspecified atom stereocenters. The van der Waals surface area contributed by atoms with Crippen molar-refractivity contribution < 1.29 is 75.8 Å². The molecule has 16 nitrogen and oxygen atoms in total. The monoisotopic (exact) mass is 1320 g/mol. The topological polar surface area (TPSA) is 231 Å². The molecule has 0 amide bonds. The van der Waals surface area contributed by atoms with Crippen molar-refractivity contribution in [2.24, 2.45) is 0 Å². The minimum atomic E-state index is -4.92. The maximum absolute atomic E-state index is 12.9. The van der Waals surface area contributed by atoms with Crippen LogP contribution >= 0.6 is 15.6 Å². The highest BCUT2D eigenvalue weighted by atomic mass is 31.2. The van der Waals surface area contributed by atoms with Gasteiger partial charge in [0.1, 0.15) is 25.4 Å². The minimum absolute atomic E-state index is 0.0942. The smallest absolute Gasteiger partial charge is 0.463 e. The molecular weight excluding hydrogens is 1190 g/mol. The Morgan fingerprint density at radius 2 is 0.582 bits per heavy atom. The molecule has 0 fully saturated rings. The largest absolute Gasteiger partial charge is 0.472 e. The molecular formula is C73H128O16P2. The molecule has 0 aromatic rings. The third-order valence-corrected chi connectivity index (χ3v) is 16.7. The number of phosphoric ester groups is 2. The van der Waals surface area contributed by atoms with E-state index in [4.69, 9.17) is 32.3 Å². The number of ether oxygens (including phenoxy) is 3. The van der Waals surface area contributed by atoms with Crippen LogP contribution in [0.2, 0.25) is 0 Å². The predicted molar refractivity (Wildman–Crippen MR) is 371 cm³/mol. The standard InChI is InChI=1S/C73H128O16P2/c1-4-7-10-13-16-19-22-25-26-27-28-29-30-31-32-33-34-35-36-37-38-39-40-43-45-47-50-53-56-59-71(76)83-62-68(74)63-85-90(79,80)86-64-69(75)65-87-91(81,82)88-67-70(89-73(78)61-58-55-52-49-46-42-24-21-18-15-12-9-6-3)66-84-72(77)60-57-54-51-48-44-41-23-20-17-14-11-8-5-2/h7,10,16,19-21,23-26,28-29,31-32,34-35,68-70,74-75H,4-6,8-9,11-15,17-18,22,27,30,33,36-67H2,1-3H3,(H,79,80)(H,81,82)/b10-7-,19-16-,23-20-,24-21-,26-25-,29-28-,32-31-,35-34-. The van der Waals surface area contributed by atoms with Crippen molar-refractivity contribution in [3.63, 3.8) is 0 Å². The molecule has 18 heteroatoms. The lowest BCUT2D eigenvalue weighted by Crippen LogP contribution is -2.30. The Balaban J connectivity index is 4.44. The number of carbonyl (C=O) groups is 3. The SMILES string of the molecule is CC/C=C\C/C=C\C/C=C\C/C=C\C/C=C\C/C=C\CCCCCCCCCCCCC(=O)OCC(O)COP(=O)(O)OCC(O)COP(=O)(O)OCC(COC(=O)CCCCCCC/C=C\CCCCCC)OC(=O)CCCCCCC/C=C\CCCCCC. The van der Waals surface area contributed by atoms with E-state index in [-0.39, 0.29) is 19.3 Å². The summed E-state index contributed by atoms with van der Waals surface area (Å²) in [7, 11) is -9.77. The highest BCUT2D eigenvalue weighted by molar-refractivity contribution is 7.47. The van der Waals surface area contributed by atoms with Gasteiger partial charge in [-0.05, 0) is 122 Å². The number of carbonyl (C=O) groups excluding carboxylic acids is 3. The molecule has 0 aromatic heterocycles. The molecule has 0 saturated heterocycles. The third-order valence-electron chi connectivity index (χ3n) is 14.8. The number of hydrogen-bond acceptors (Lipinski definition) is 14. The number of unbranched alkanes of at least 4 members (excludes halogenated alkanes) is 28. The number of hydrogen-bond donors (Lipinski definition) is 4. The normalized spacial score (nSPS) is 14.8. The zero-order chi connectivity index (χ0) is 66.7. The Morgan fingerprint density at radius 1 is 0.319 bits per heavy atom. The van der Waals surface area contributed by atoms with Crippen LogP contribution in [0.3, 0.4) is 0 Å². The van der Waals surface area contributed by atoms with Crippen molar-refractivity contribution in [2.75, 3.05) is 39.6 Å². The van der Waals surface area contributed by atoms with Crippen LogP contribution in [0.4, 0.5) is 0 Å². The maximum Gasteiger partial charge on any atom is 0.472 e. The van der Waals surface area contributed by atoms with E-state index in [1.807, 2.05) is 0 Å². The average molecular weight is 1320 g/mol. The summed E-state index contributed by atoms with van der Waals surface area (Å²) >= 11 is 0. The molecule has 0 aliphatic heterocycles. The summed E-state index contributed by atoms with van der Waals surface area (Å²) in [4.78, 5) is 58.3. The van der Waals surface area contributed by atoms with Gasteiger partial charge in [-0.2, -0.15) is 0 Å². The Kier molecular flexibility index (Phi) is 63.9. The first-order valence-corrected chi connectivity index (χ1v) is 38.5. The first-order valence-electron chi connectivity index (χ1n) is 35.5. The Labute approximate surface area is 552 Å². The lowest BCUT2D eigenvalue weighted by Gasteiger charge is -2.21. The van der Waals surface area contributed by atoms with Crippen molar-refractivity contribution >= 4 is 33.6 Å². The van der Waals surface area contributed by atoms with Crippen LogP contribution in [0.5, 0.6) is 0 Å². The number of rotatable bonds is 67. The third kappa shape index (κ3) is 67.7. The zero-order valence-electron chi connectivity index (χ0n) is 57.0. The summed E-state index contributed by atoms with van der Waals surface area (Å²) in [5.41, 5.74) is 0. The molecule has 0 heterocycles. The average Bonchev–Trinajstić information content (AvgIpc) is 3.56. The highest BCUT2D eigenvalue weighted by Gasteiger charge is 2.29. The van der Waals surface area contributed by atoms with Gasteiger partial charge in [-0.15, -0.1) is 0 Å². The second-order valence-corrected chi connectivity index (χ2v) is 26.6. The van der Waals surface area contributed by atoms with Crippen LogP contribution < -0.4 is 0 Å². The number of esters is 3. The fourth-order valence-corrected chi connectivity index (χ4v) is 10.9. The molecule has 0 rings (SSSR count). The van der Waals surface area contributed by atoms with Gasteiger partial charge in [0.25, 0.3) is 0 Å². The summed E-state index contributed by atoms with van der Waals surface area (Å²) in [6.07, 6.45) is 73.3. The molecule has 526 valence electrons. The molecule has 0 spiro atoms. The van der Waals surface area contributed by atoms with E-state index < -0.39 is 91.5 Å². The van der Waals surface area contributed by atoms with Gasteiger partial charge in [0.2, 0.25) is 0 Å². The van der Waals surface area contributed by atoms with Gasteiger partial charge in [0.15, 0.2) is 6.10 Å². The Bertz CT molecular complexity index is 2050. The van der Waals surface area contributed by atoms with Crippen LogP contribution in [0.1, 0.15) is 290 Å².